The zero-order valence-electron chi connectivity index (χ0n) is 11.9. The molecule has 0 amide bonds. The molecule has 5 nitrogen and oxygen atoms in total. The van der Waals surface area contributed by atoms with Gasteiger partial charge in [0, 0.05) is 0 Å². The molecule has 3 rings (SSSR count). The van der Waals surface area contributed by atoms with Gasteiger partial charge in [-0.15, -0.1) is 0 Å². The highest BCUT2D eigenvalue weighted by Crippen LogP contribution is 2.25. The van der Waals surface area contributed by atoms with Crippen molar-refractivity contribution in [2.75, 3.05) is 7.11 Å². The fraction of sp³-hybridized carbons (Fsp3) is 0.0625. The average Bonchev–Trinajstić information content (AvgIpc) is 2.54. The molecule has 0 bridgehead atoms. The van der Waals surface area contributed by atoms with Gasteiger partial charge >= 0.3 is 0 Å². The summed E-state index contributed by atoms with van der Waals surface area (Å²) in [5, 5.41) is 0.601. The molecule has 0 N–H and O–H groups in total. The van der Waals surface area contributed by atoms with E-state index < -0.39 is 11.5 Å². The van der Waals surface area contributed by atoms with Crippen molar-refractivity contribution < 1.29 is 9.53 Å². The number of carbonyl (C=O) groups excluding carboxylic acids is 1. The molecule has 0 aliphatic carbocycles. The van der Waals surface area contributed by atoms with Gasteiger partial charge in [-0.2, -0.15) is 0 Å². The third-order valence-electron chi connectivity index (χ3n) is 3.36. The molecule has 1 heterocycles. The molecule has 0 saturated heterocycles. The summed E-state index contributed by atoms with van der Waals surface area (Å²) in [6, 6.07) is 9.54. The second-order valence-electron chi connectivity index (χ2n) is 4.70. The largest absolute Gasteiger partial charge is 0.497 e. The van der Waals surface area contributed by atoms with Crippen molar-refractivity contribution in [1.82, 2.24) is 9.55 Å². The van der Waals surface area contributed by atoms with Crippen LogP contribution in [0.3, 0.4) is 0 Å². The smallest absolute Gasteiger partial charge is 0.269 e. The number of halogens is 2. The lowest BCUT2D eigenvalue weighted by Gasteiger charge is -2.09. The molecule has 0 fully saturated rings. The first-order chi connectivity index (χ1) is 11.0. The standard InChI is InChI=1S/C16H10Cl2N2O3/c1-23-9-5-6-13-10(7-9)15(21)20(8-19-13)16(22)14-11(17)3-2-4-12(14)18/h2-8H,1H3. The Balaban J connectivity index is 2.22. The molecule has 0 spiro atoms. The van der Waals surface area contributed by atoms with Crippen molar-refractivity contribution in [1.29, 1.82) is 0 Å². The Morgan fingerprint density at radius 2 is 1.87 bits per heavy atom. The lowest BCUT2D eigenvalue weighted by Crippen LogP contribution is -2.28. The van der Waals surface area contributed by atoms with E-state index >= 15 is 0 Å². The number of aromatic nitrogens is 2. The third kappa shape index (κ3) is 2.69. The summed E-state index contributed by atoms with van der Waals surface area (Å²) in [7, 11) is 1.49. The molecular formula is C16H10Cl2N2O3. The van der Waals surface area contributed by atoms with E-state index in [1.807, 2.05) is 0 Å². The number of rotatable bonds is 2. The van der Waals surface area contributed by atoms with Crippen LogP contribution in [0.5, 0.6) is 5.75 Å². The summed E-state index contributed by atoms with van der Waals surface area (Å²) in [6.07, 6.45) is 1.17. The zero-order valence-corrected chi connectivity index (χ0v) is 13.4. The summed E-state index contributed by atoms with van der Waals surface area (Å²) in [4.78, 5) is 29.3. The van der Waals surface area contributed by atoms with Gasteiger partial charge in [-0.25, -0.2) is 9.55 Å². The topological polar surface area (TPSA) is 61.2 Å². The first-order valence-corrected chi connectivity index (χ1v) is 7.32. The molecule has 0 atom stereocenters. The maximum absolute atomic E-state index is 12.6. The zero-order chi connectivity index (χ0) is 16.6. The number of carbonyl (C=O) groups is 1. The van der Waals surface area contributed by atoms with E-state index in [1.54, 1.807) is 18.2 Å². The molecule has 116 valence electrons. The molecule has 0 aliphatic heterocycles. The van der Waals surface area contributed by atoms with Crippen LogP contribution in [0.2, 0.25) is 10.0 Å². The number of hydrogen-bond donors (Lipinski definition) is 0. The SMILES string of the molecule is COc1ccc2ncn(C(=O)c3c(Cl)cccc3Cl)c(=O)c2c1. The first-order valence-electron chi connectivity index (χ1n) is 6.57. The Labute approximate surface area is 141 Å². The average molecular weight is 349 g/mol. The molecule has 0 unspecified atom stereocenters. The van der Waals surface area contributed by atoms with Gasteiger partial charge in [0.15, 0.2) is 0 Å². The lowest BCUT2D eigenvalue weighted by molar-refractivity contribution is 0.0955. The second-order valence-corrected chi connectivity index (χ2v) is 5.52. The van der Waals surface area contributed by atoms with E-state index in [2.05, 4.69) is 4.98 Å². The van der Waals surface area contributed by atoms with E-state index in [1.165, 1.54) is 31.6 Å². The fourth-order valence-electron chi connectivity index (χ4n) is 2.20. The summed E-state index contributed by atoms with van der Waals surface area (Å²) in [5.74, 6) is -0.139. The first kappa shape index (κ1) is 15.5. The summed E-state index contributed by atoms with van der Waals surface area (Å²) in [6.45, 7) is 0. The lowest BCUT2D eigenvalue weighted by atomic mass is 10.2. The van der Waals surface area contributed by atoms with Crippen LogP contribution in [-0.2, 0) is 0 Å². The van der Waals surface area contributed by atoms with Crippen LogP contribution in [0.1, 0.15) is 10.4 Å². The van der Waals surface area contributed by atoms with Gasteiger partial charge in [-0.3, -0.25) is 9.59 Å². The van der Waals surface area contributed by atoms with Gasteiger partial charge in [-0.05, 0) is 30.3 Å². The summed E-state index contributed by atoms with van der Waals surface area (Å²) < 4.78 is 5.98. The van der Waals surface area contributed by atoms with Crippen LogP contribution in [-0.4, -0.2) is 22.6 Å². The molecule has 1 aromatic heterocycles. The number of benzene rings is 2. The maximum Gasteiger partial charge on any atom is 0.269 e. The van der Waals surface area contributed by atoms with Gasteiger partial charge in [-0.1, -0.05) is 29.3 Å². The van der Waals surface area contributed by atoms with Crippen LogP contribution in [0.4, 0.5) is 0 Å². The molecule has 3 aromatic rings. The highest BCUT2D eigenvalue weighted by Gasteiger charge is 2.19. The minimum absolute atomic E-state index is 0.0574. The third-order valence-corrected chi connectivity index (χ3v) is 3.99. The fourth-order valence-corrected chi connectivity index (χ4v) is 2.75. The number of fused-ring (bicyclic) bond motifs is 1. The van der Waals surface area contributed by atoms with Gasteiger partial charge in [0.05, 0.1) is 33.6 Å². The molecular weight excluding hydrogens is 339 g/mol. The maximum atomic E-state index is 12.6. The van der Waals surface area contributed by atoms with Gasteiger partial charge in [0.2, 0.25) is 0 Å². The summed E-state index contributed by atoms with van der Waals surface area (Å²) in [5.41, 5.74) is 0.00183. The Kier molecular flexibility index (Phi) is 4.07. The van der Waals surface area contributed by atoms with Crippen molar-refractivity contribution in [3.8, 4) is 5.75 Å². The van der Waals surface area contributed by atoms with Crippen molar-refractivity contribution in [3.05, 3.63) is 68.7 Å². The van der Waals surface area contributed by atoms with Crippen molar-refractivity contribution in [2.24, 2.45) is 0 Å². The van der Waals surface area contributed by atoms with Crippen LogP contribution < -0.4 is 10.3 Å². The van der Waals surface area contributed by atoms with Crippen molar-refractivity contribution in [3.63, 3.8) is 0 Å². The molecule has 0 radical (unpaired) electrons. The van der Waals surface area contributed by atoms with E-state index in [-0.39, 0.29) is 21.0 Å². The highest BCUT2D eigenvalue weighted by atomic mass is 35.5. The molecule has 23 heavy (non-hydrogen) atoms. The van der Waals surface area contributed by atoms with Gasteiger partial charge in [0.1, 0.15) is 12.1 Å². The minimum atomic E-state index is -0.636. The van der Waals surface area contributed by atoms with E-state index in [0.29, 0.717) is 11.3 Å². The van der Waals surface area contributed by atoms with Crippen LogP contribution in [0.15, 0.2) is 47.5 Å². The van der Waals surface area contributed by atoms with E-state index in [0.717, 1.165) is 4.57 Å². The monoisotopic (exact) mass is 348 g/mol. The summed E-state index contributed by atoms with van der Waals surface area (Å²) >= 11 is 12.1. The molecule has 2 aromatic carbocycles. The van der Waals surface area contributed by atoms with Crippen molar-refractivity contribution in [2.45, 2.75) is 0 Å². The van der Waals surface area contributed by atoms with Crippen LogP contribution in [0.25, 0.3) is 10.9 Å². The quantitative estimate of drug-likeness (QED) is 0.711. The highest BCUT2D eigenvalue weighted by molar-refractivity contribution is 6.39. The normalized spacial score (nSPS) is 10.7. The molecule has 7 heteroatoms. The Hall–Kier alpha value is -2.37. The number of nitrogens with zero attached hydrogens (tertiary/aromatic N) is 2. The van der Waals surface area contributed by atoms with E-state index in [9.17, 15) is 9.59 Å². The van der Waals surface area contributed by atoms with E-state index in [4.69, 9.17) is 27.9 Å². The number of hydrogen-bond acceptors (Lipinski definition) is 4. The predicted octanol–water partition coefficient (Wildman–Crippen LogP) is 3.40. The van der Waals surface area contributed by atoms with Gasteiger partial charge in [0.25, 0.3) is 11.5 Å². The molecule has 0 aliphatic rings. The predicted molar refractivity (Wildman–Crippen MR) is 88.7 cm³/mol. The number of ether oxygens (including phenoxy) is 1. The molecule has 0 saturated carbocycles. The Morgan fingerprint density at radius 3 is 2.52 bits per heavy atom. The van der Waals surface area contributed by atoms with Crippen LogP contribution >= 0.6 is 23.2 Å². The van der Waals surface area contributed by atoms with Gasteiger partial charge < -0.3 is 4.74 Å². The van der Waals surface area contributed by atoms with Crippen molar-refractivity contribution >= 4 is 40.0 Å². The Bertz CT molecular complexity index is 962. The minimum Gasteiger partial charge on any atom is -0.497 e. The Morgan fingerprint density at radius 1 is 1.17 bits per heavy atom. The van der Waals surface area contributed by atoms with Crippen LogP contribution in [0, 0.1) is 0 Å². The number of methoxy groups -OCH3 is 1. The second kappa shape index (κ2) is 6.02.